The summed E-state index contributed by atoms with van der Waals surface area (Å²) in [6, 6.07) is 0. The summed E-state index contributed by atoms with van der Waals surface area (Å²) in [6.45, 7) is 9.00. The Morgan fingerprint density at radius 1 is 0.333 bits per heavy atom. The topological polar surface area (TPSA) is 78.9 Å². The Bertz CT molecular complexity index is 857. The molecule has 338 valence electrons. The first kappa shape index (κ1) is 55.4. The van der Waals surface area contributed by atoms with Gasteiger partial charge in [-0.05, 0) is 25.2 Å². The molecule has 0 N–H and O–H groups in total. The number of hydrogen-bond acceptors (Lipinski definition) is 6. The highest BCUT2D eigenvalue weighted by molar-refractivity contribution is 5.71. The number of unbranched alkanes of at least 4 members (excludes halogenated alkanes) is 33. The molecule has 0 fully saturated rings. The molecular formula is C51H98O6. The van der Waals surface area contributed by atoms with E-state index in [1.807, 2.05) is 0 Å². The third-order valence-corrected chi connectivity index (χ3v) is 11.5. The minimum Gasteiger partial charge on any atom is -0.462 e. The fraction of sp³-hybridized carbons (Fsp3) is 0.941. The second-order valence-electron chi connectivity index (χ2n) is 17.9. The molecule has 0 rings (SSSR count). The van der Waals surface area contributed by atoms with E-state index in [-0.39, 0.29) is 31.1 Å². The molecule has 0 amide bonds. The molecule has 0 unspecified atom stereocenters. The molecule has 1 atom stereocenters. The van der Waals surface area contributed by atoms with E-state index in [1.165, 1.54) is 180 Å². The van der Waals surface area contributed by atoms with Gasteiger partial charge >= 0.3 is 17.9 Å². The van der Waals surface area contributed by atoms with Gasteiger partial charge in [0.15, 0.2) is 6.10 Å². The molecule has 0 bridgehead atoms. The number of rotatable bonds is 46. The van der Waals surface area contributed by atoms with E-state index in [0.29, 0.717) is 19.3 Å². The molecule has 6 heteroatoms. The number of carbonyl (C=O) groups is 3. The maximum absolute atomic E-state index is 12.8. The fourth-order valence-corrected chi connectivity index (χ4v) is 7.69. The van der Waals surface area contributed by atoms with Gasteiger partial charge in [0.2, 0.25) is 0 Å². The van der Waals surface area contributed by atoms with E-state index in [1.54, 1.807) is 0 Å². The van der Waals surface area contributed by atoms with Crippen molar-refractivity contribution in [2.24, 2.45) is 5.92 Å². The third kappa shape index (κ3) is 45.3. The Morgan fingerprint density at radius 2 is 0.579 bits per heavy atom. The largest absolute Gasteiger partial charge is 0.462 e. The van der Waals surface area contributed by atoms with Crippen LogP contribution in [0.5, 0.6) is 0 Å². The first-order chi connectivity index (χ1) is 27.9. The van der Waals surface area contributed by atoms with Crippen molar-refractivity contribution < 1.29 is 28.6 Å². The SMILES string of the molecule is CCCCCCCCCCCCCCCCCC(=O)OC[C@H](COC(=O)CCCCCCCCCCCCC)OC(=O)CCCCCCCCCCCCC(C)C. The molecule has 0 aliphatic heterocycles. The van der Waals surface area contributed by atoms with Gasteiger partial charge in [0.25, 0.3) is 0 Å². The van der Waals surface area contributed by atoms with Crippen molar-refractivity contribution in [3.63, 3.8) is 0 Å². The van der Waals surface area contributed by atoms with Crippen molar-refractivity contribution >= 4 is 17.9 Å². The van der Waals surface area contributed by atoms with E-state index in [9.17, 15) is 14.4 Å². The zero-order valence-electron chi connectivity index (χ0n) is 38.8. The molecule has 57 heavy (non-hydrogen) atoms. The van der Waals surface area contributed by atoms with Crippen molar-refractivity contribution in [3.05, 3.63) is 0 Å². The summed E-state index contributed by atoms with van der Waals surface area (Å²) >= 11 is 0. The molecular weight excluding hydrogens is 709 g/mol. The molecule has 0 heterocycles. The third-order valence-electron chi connectivity index (χ3n) is 11.5. The highest BCUT2D eigenvalue weighted by atomic mass is 16.6. The lowest BCUT2D eigenvalue weighted by Gasteiger charge is -2.18. The second-order valence-corrected chi connectivity index (χ2v) is 17.9. The van der Waals surface area contributed by atoms with Crippen LogP contribution in [0, 0.1) is 5.92 Å². The predicted octanol–water partition coefficient (Wildman–Crippen LogP) is 16.3. The Hall–Kier alpha value is -1.59. The molecule has 6 nitrogen and oxygen atoms in total. The first-order valence-corrected chi connectivity index (χ1v) is 25.4. The molecule has 0 aromatic carbocycles. The summed E-state index contributed by atoms with van der Waals surface area (Å²) in [7, 11) is 0. The predicted molar refractivity (Wildman–Crippen MR) is 243 cm³/mol. The van der Waals surface area contributed by atoms with Crippen LogP contribution in [0.3, 0.4) is 0 Å². The zero-order valence-corrected chi connectivity index (χ0v) is 38.8. The normalized spacial score (nSPS) is 11.9. The molecule has 0 saturated carbocycles. The zero-order chi connectivity index (χ0) is 41.7. The highest BCUT2D eigenvalue weighted by Gasteiger charge is 2.19. The van der Waals surface area contributed by atoms with Crippen molar-refractivity contribution in [3.8, 4) is 0 Å². The second kappa shape index (κ2) is 45.5. The summed E-state index contributed by atoms with van der Waals surface area (Å²) in [4.78, 5) is 37.9. The lowest BCUT2D eigenvalue weighted by Crippen LogP contribution is -2.30. The summed E-state index contributed by atoms with van der Waals surface area (Å²) in [6.07, 6.45) is 46.5. The number of hydrogen-bond donors (Lipinski definition) is 0. The quantitative estimate of drug-likeness (QED) is 0.0346. The summed E-state index contributed by atoms with van der Waals surface area (Å²) in [5.41, 5.74) is 0. The Balaban J connectivity index is 4.30. The van der Waals surface area contributed by atoms with Crippen LogP contribution in [0.2, 0.25) is 0 Å². The molecule has 0 saturated heterocycles. The summed E-state index contributed by atoms with van der Waals surface area (Å²) in [5, 5.41) is 0. The van der Waals surface area contributed by atoms with Crippen LogP contribution in [-0.2, 0) is 28.6 Å². The molecule has 0 aliphatic carbocycles. The minimum absolute atomic E-state index is 0.0630. The minimum atomic E-state index is -0.760. The molecule has 0 aromatic rings. The number of ether oxygens (including phenoxy) is 3. The average Bonchev–Trinajstić information content (AvgIpc) is 3.19. The Morgan fingerprint density at radius 3 is 0.860 bits per heavy atom. The molecule has 0 radical (unpaired) electrons. The van der Waals surface area contributed by atoms with Gasteiger partial charge in [-0.25, -0.2) is 0 Å². The lowest BCUT2D eigenvalue weighted by molar-refractivity contribution is -0.167. The maximum atomic E-state index is 12.8. The van der Waals surface area contributed by atoms with Gasteiger partial charge in [-0.2, -0.15) is 0 Å². The van der Waals surface area contributed by atoms with E-state index < -0.39 is 6.10 Å². The van der Waals surface area contributed by atoms with Gasteiger partial charge in [0, 0.05) is 19.3 Å². The standard InChI is InChI=1S/C51H98O6/c1-5-7-9-11-13-15-17-18-19-20-22-27-31-35-39-43-50(53)56-46-48(45-55-49(52)42-38-34-30-26-21-16-14-12-10-8-6-2)57-51(54)44-40-36-32-28-24-23-25-29-33-37-41-47(3)4/h47-48H,5-46H2,1-4H3/t48-/m0/s1. The van der Waals surface area contributed by atoms with Crippen LogP contribution in [0.15, 0.2) is 0 Å². The van der Waals surface area contributed by atoms with Crippen molar-refractivity contribution in [2.45, 2.75) is 291 Å². The van der Waals surface area contributed by atoms with Crippen LogP contribution >= 0.6 is 0 Å². The van der Waals surface area contributed by atoms with Crippen LogP contribution < -0.4 is 0 Å². The van der Waals surface area contributed by atoms with Gasteiger partial charge in [0.1, 0.15) is 13.2 Å². The van der Waals surface area contributed by atoms with Gasteiger partial charge in [-0.15, -0.1) is 0 Å². The lowest BCUT2D eigenvalue weighted by atomic mass is 10.0. The smallest absolute Gasteiger partial charge is 0.306 e. The van der Waals surface area contributed by atoms with Gasteiger partial charge in [0.05, 0.1) is 0 Å². The Labute approximate surface area is 355 Å². The number of carbonyl (C=O) groups excluding carboxylic acids is 3. The monoisotopic (exact) mass is 807 g/mol. The molecule has 0 aromatic heterocycles. The fourth-order valence-electron chi connectivity index (χ4n) is 7.69. The van der Waals surface area contributed by atoms with Crippen molar-refractivity contribution in [2.75, 3.05) is 13.2 Å². The maximum Gasteiger partial charge on any atom is 0.306 e. The van der Waals surface area contributed by atoms with E-state index >= 15 is 0 Å². The van der Waals surface area contributed by atoms with E-state index in [0.717, 1.165) is 63.7 Å². The van der Waals surface area contributed by atoms with Crippen molar-refractivity contribution in [1.82, 2.24) is 0 Å². The number of esters is 3. The van der Waals surface area contributed by atoms with Gasteiger partial charge in [-0.3, -0.25) is 14.4 Å². The van der Waals surface area contributed by atoms with E-state index in [4.69, 9.17) is 14.2 Å². The summed E-state index contributed by atoms with van der Waals surface area (Å²) in [5.74, 6) is -0.0305. The first-order valence-electron chi connectivity index (χ1n) is 25.4. The Kier molecular flexibility index (Phi) is 44.2. The molecule has 0 aliphatic rings. The van der Waals surface area contributed by atoms with Gasteiger partial charge in [-0.1, -0.05) is 246 Å². The van der Waals surface area contributed by atoms with Crippen LogP contribution in [0.1, 0.15) is 285 Å². The van der Waals surface area contributed by atoms with Gasteiger partial charge < -0.3 is 14.2 Å². The highest BCUT2D eigenvalue weighted by Crippen LogP contribution is 2.17. The van der Waals surface area contributed by atoms with Crippen LogP contribution in [-0.4, -0.2) is 37.2 Å². The van der Waals surface area contributed by atoms with Crippen LogP contribution in [0.4, 0.5) is 0 Å². The summed E-state index contributed by atoms with van der Waals surface area (Å²) < 4.78 is 16.8. The van der Waals surface area contributed by atoms with Crippen LogP contribution in [0.25, 0.3) is 0 Å². The van der Waals surface area contributed by atoms with E-state index in [2.05, 4.69) is 27.7 Å². The average molecular weight is 807 g/mol. The molecule has 0 spiro atoms. The van der Waals surface area contributed by atoms with Crippen molar-refractivity contribution in [1.29, 1.82) is 0 Å².